The predicted octanol–water partition coefficient (Wildman–Crippen LogP) is 3.43. The van der Waals surface area contributed by atoms with E-state index >= 15 is 0 Å². The quantitative estimate of drug-likeness (QED) is 0.824. The summed E-state index contributed by atoms with van der Waals surface area (Å²) in [5, 5.41) is 2.79. The normalized spacial score (nSPS) is 10.2. The third-order valence-electron chi connectivity index (χ3n) is 3.21. The van der Waals surface area contributed by atoms with Gasteiger partial charge in [0.2, 0.25) is 0 Å². The molecule has 0 fully saturated rings. The van der Waals surface area contributed by atoms with E-state index in [4.69, 9.17) is 11.6 Å². The summed E-state index contributed by atoms with van der Waals surface area (Å²) in [7, 11) is 1.84. The lowest BCUT2D eigenvalue weighted by Gasteiger charge is -2.18. The molecule has 6 heteroatoms. The monoisotopic (exact) mass is 333 g/mol. The zero-order valence-electron chi connectivity index (χ0n) is 12.7. The molecule has 1 N–H and O–H groups in total. The zero-order valence-corrected chi connectivity index (χ0v) is 13.5. The molecule has 120 valence electrons. The molecule has 0 unspecified atom stereocenters. The summed E-state index contributed by atoms with van der Waals surface area (Å²) in [6.07, 6.45) is 3.12. The van der Waals surface area contributed by atoms with Crippen molar-refractivity contribution in [2.24, 2.45) is 0 Å². The summed E-state index contributed by atoms with van der Waals surface area (Å²) in [4.78, 5) is 17.9. The molecule has 4 nitrogen and oxygen atoms in total. The maximum Gasteiger partial charge on any atom is 0.253 e. The van der Waals surface area contributed by atoms with E-state index in [1.165, 1.54) is 18.3 Å². The van der Waals surface area contributed by atoms with E-state index in [0.717, 1.165) is 5.56 Å². The Labute approximate surface area is 139 Å². The minimum atomic E-state index is -0.445. The van der Waals surface area contributed by atoms with Crippen molar-refractivity contribution in [3.63, 3.8) is 0 Å². The molecule has 2 aromatic rings. The number of carbonyl (C=O) groups is 1. The summed E-state index contributed by atoms with van der Waals surface area (Å²) >= 11 is 5.67. The van der Waals surface area contributed by atoms with Crippen molar-refractivity contribution in [1.29, 1.82) is 0 Å². The van der Waals surface area contributed by atoms with Crippen LogP contribution in [0.1, 0.15) is 15.9 Å². The smallest absolute Gasteiger partial charge is 0.253 e. The lowest BCUT2D eigenvalue weighted by Crippen LogP contribution is -2.24. The molecule has 1 aromatic carbocycles. The second-order valence-corrected chi connectivity index (χ2v) is 5.42. The van der Waals surface area contributed by atoms with Crippen LogP contribution in [0, 0.1) is 5.82 Å². The molecular weight excluding hydrogens is 317 g/mol. The molecule has 1 heterocycles. The molecule has 0 spiro atoms. The van der Waals surface area contributed by atoms with Gasteiger partial charge < -0.3 is 10.2 Å². The highest BCUT2D eigenvalue weighted by Gasteiger charge is 2.09. The Morgan fingerprint density at radius 2 is 2.22 bits per heavy atom. The van der Waals surface area contributed by atoms with Gasteiger partial charge in [0, 0.05) is 26.3 Å². The standard InChI is InChI=1S/C17H17ClFN3O/c1-3-8-20-17(23)13-5-7-16(21-10-13)22(2)11-12-4-6-14(18)15(19)9-12/h3-7,9-10H,1,8,11H2,2H3,(H,20,23). The number of nitrogens with one attached hydrogen (secondary N) is 1. The van der Waals surface area contributed by atoms with Crippen LogP contribution in [0.25, 0.3) is 0 Å². The van der Waals surface area contributed by atoms with Crippen LogP contribution < -0.4 is 10.2 Å². The summed E-state index contributed by atoms with van der Waals surface area (Å²) in [5.74, 6) is 0.0340. The van der Waals surface area contributed by atoms with Gasteiger partial charge >= 0.3 is 0 Å². The topological polar surface area (TPSA) is 45.2 Å². The Balaban J connectivity index is 2.04. The summed E-state index contributed by atoms with van der Waals surface area (Å²) < 4.78 is 13.5. The number of amides is 1. The molecule has 1 amide bonds. The van der Waals surface area contributed by atoms with Gasteiger partial charge in [0.1, 0.15) is 11.6 Å². The average Bonchev–Trinajstić information content (AvgIpc) is 2.56. The Bertz CT molecular complexity index is 703. The molecule has 0 saturated carbocycles. The van der Waals surface area contributed by atoms with Crippen LogP contribution >= 0.6 is 11.6 Å². The van der Waals surface area contributed by atoms with Crippen molar-refractivity contribution in [2.75, 3.05) is 18.5 Å². The predicted molar refractivity (Wildman–Crippen MR) is 90.3 cm³/mol. The third-order valence-corrected chi connectivity index (χ3v) is 3.52. The number of benzene rings is 1. The number of hydrogen-bond acceptors (Lipinski definition) is 3. The number of aromatic nitrogens is 1. The van der Waals surface area contributed by atoms with Crippen LogP contribution in [0.3, 0.4) is 0 Å². The SMILES string of the molecule is C=CCNC(=O)c1ccc(N(C)Cc2ccc(Cl)c(F)c2)nc1. The minimum absolute atomic E-state index is 0.101. The van der Waals surface area contributed by atoms with Crippen molar-refractivity contribution in [3.8, 4) is 0 Å². The Kier molecular flexibility index (Phi) is 5.71. The van der Waals surface area contributed by atoms with E-state index in [1.54, 1.807) is 24.3 Å². The molecule has 1 aromatic heterocycles. The van der Waals surface area contributed by atoms with Crippen molar-refractivity contribution in [3.05, 3.63) is 71.2 Å². The number of carbonyl (C=O) groups excluding carboxylic acids is 1. The van der Waals surface area contributed by atoms with Gasteiger partial charge in [-0.05, 0) is 29.8 Å². The van der Waals surface area contributed by atoms with E-state index in [2.05, 4.69) is 16.9 Å². The zero-order chi connectivity index (χ0) is 16.8. The highest BCUT2D eigenvalue weighted by atomic mass is 35.5. The second kappa shape index (κ2) is 7.74. The molecule has 0 atom stereocenters. The fraction of sp³-hybridized carbons (Fsp3) is 0.176. The Hall–Kier alpha value is -2.40. The molecule has 2 rings (SSSR count). The van der Waals surface area contributed by atoms with Crippen LogP contribution in [0.4, 0.5) is 10.2 Å². The highest BCUT2D eigenvalue weighted by molar-refractivity contribution is 6.30. The molecule has 23 heavy (non-hydrogen) atoms. The molecule has 0 bridgehead atoms. The van der Waals surface area contributed by atoms with Crippen LogP contribution in [0.5, 0.6) is 0 Å². The van der Waals surface area contributed by atoms with E-state index < -0.39 is 5.82 Å². The first-order valence-electron chi connectivity index (χ1n) is 7.01. The molecule has 0 radical (unpaired) electrons. The van der Waals surface area contributed by atoms with Crippen LogP contribution in [0.15, 0.2) is 49.2 Å². The van der Waals surface area contributed by atoms with Gasteiger partial charge in [-0.1, -0.05) is 23.7 Å². The summed E-state index contributed by atoms with van der Waals surface area (Å²) in [6, 6.07) is 8.13. The van der Waals surface area contributed by atoms with Gasteiger partial charge in [0.15, 0.2) is 0 Å². The van der Waals surface area contributed by atoms with Gasteiger partial charge in [-0.2, -0.15) is 0 Å². The first-order chi connectivity index (χ1) is 11.0. The van der Waals surface area contributed by atoms with Gasteiger partial charge in [-0.15, -0.1) is 6.58 Å². The lowest BCUT2D eigenvalue weighted by molar-refractivity contribution is 0.0957. The minimum Gasteiger partial charge on any atom is -0.355 e. The van der Waals surface area contributed by atoms with Crippen LogP contribution in [0.2, 0.25) is 5.02 Å². The summed E-state index contributed by atoms with van der Waals surface area (Å²) in [5.41, 5.74) is 1.26. The van der Waals surface area contributed by atoms with E-state index in [0.29, 0.717) is 24.5 Å². The molecule has 0 aliphatic rings. The fourth-order valence-electron chi connectivity index (χ4n) is 2.01. The second-order valence-electron chi connectivity index (χ2n) is 5.01. The summed E-state index contributed by atoms with van der Waals surface area (Å²) in [6.45, 7) is 4.42. The highest BCUT2D eigenvalue weighted by Crippen LogP contribution is 2.18. The number of rotatable bonds is 6. The van der Waals surface area contributed by atoms with Crippen LogP contribution in [-0.2, 0) is 6.54 Å². The number of hydrogen-bond donors (Lipinski definition) is 1. The number of pyridine rings is 1. The maximum absolute atomic E-state index is 13.5. The van der Waals surface area contributed by atoms with E-state index in [-0.39, 0.29) is 10.9 Å². The van der Waals surface area contributed by atoms with Gasteiger partial charge in [-0.3, -0.25) is 4.79 Å². The Morgan fingerprint density at radius 3 is 2.83 bits per heavy atom. The Morgan fingerprint density at radius 1 is 1.43 bits per heavy atom. The molecular formula is C17H17ClFN3O. The van der Waals surface area contributed by atoms with Crippen molar-refractivity contribution < 1.29 is 9.18 Å². The fourth-order valence-corrected chi connectivity index (χ4v) is 2.12. The largest absolute Gasteiger partial charge is 0.355 e. The van der Waals surface area contributed by atoms with Crippen molar-refractivity contribution in [2.45, 2.75) is 6.54 Å². The first kappa shape index (κ1) is 17.0. The number of halogens is 2. The third kappa shape index (κ3) is 4.53. The number of nitrogens with zero attached hydrogens (tertiary/aromatic N) is 2. The average molecular weight is 334 g/mol. The van der Waals surface area contributed by atoms with E-state index in [9.17, 15) is 9.18 Å². The van der Waals surface area contributed by atoms with Gasteiger partial charge in [0.25, 0.3) is 5.91 Å². The van der Waals surface area contributed by atoms with Gasteiger partial charge in [0.05, 0.1) is 10.6 Å². The lowest BCUT2D eigenvalue weighted by atomic mass is 10.2. The molecule has 0 saturated heterocycles. The maximum atomic E-state index is 13.5. The number of anilines is 1. The molecule has 0 aliphatic carbocycles. The van der Waals surface area contributed by atoms with Crippen LogP contribution in [-0.4, -0.2) is 24.5 Å². The van der Waals surface area contributed by atoms with Crippen molar-refractivity contribution in [1.82, 2.24) is 10.3 Å². The van der Waals surface area contributed by atoms with Gasteiger partial charge in [-0.25, -0.2) is 9.37 Å². The first-order valence-corrected chi connectivity index (χ1v) is 7.39. The molecule has 0 aliphatic heterocycles. The van der Waals surface area contributed by atoms with Crippen molar-refractivity contribution >= 4 is 23.3 Å². The van der Waals surface area contributed by atoms with E-state index in [1.807, 2.05) is 11.9 Å².